The Morgan fingerprint density at radius 2 is 2.00 bits per heavy atom. The number of carbonyl (C=O) groups excluding carboxylic acids is 1. The van der Waals surface area contributed by atoms with E-state index in [9.17, 15) is 10.1 Å². The topological polar surface area (TPSA) is 70.1 Å². The SMILES string of the molecule is Cc1ccccc1N1C(N)=C(C#N)[C@H](c2ccsc2)C2=C1CC(C)(C)CC2=O. The third kappa shape index (κ3) is 2.85. The van der Waals surface area contributed by atoms with Crippen molar-refractivity contribution < 1.29 is 4.79 Å². The zero-order valence-electron chi connectivity index (χ0n) is 16.3. The molecule has 2 heterocycles. The molecular weight excluding hydrogens is 366 g/mol. The van der Waals surface area contributed by atoms with Crippen LogP contribution in [0.15, 0.2) is 63.8 Å². The van der Waals surface area contributed by atoms with Crippen molar-refractivity contribution in [2.45, 2.75) is 39.5 Å². The van der Waals surface area contributed by atoms with Crippen LogP contribution in [-0.2, 0) is 4.79 Å². The molecule has 4 nitrogen and oxygen atoms in total. The van der Waals surface area contributed by atoms with Gasteiger partial charge in [-0.25, -0.2) is 0 Å². The van der Waals surface area contributed by atoms with Crippen LogP contribution >= 0.6 is 11.3 Å². The van der Waals surface area contributed by atoms with Crippen LogP contribution in [0, 0.1) is 23.7 Å². The van der Waals surface area contributed by atoms with Crippen LogP contribution in [0.4, 0.5) is 5.69 Å². The summed E-state index contributed by atoms with van der Waals surface area (Å²) in [6, 6.07) is 12.3. The quantitative estimate of drug-likeness (QED) is 0.785. The van der Waals surface area contributed by atoms with Gasteiger partial charge in [0.1, 0.15) is 5.82 Å². The maximum atomic E-state index is 13.3. The smallest absolute Gasteiger partial charge is 0.162 e. The summed E-state index contributed by atoms with van der Waals surface area (Å²) in [5, 5.41) is 14.0. The van der Waals surface area contributed by atoms with E-state index in [1.54, 1.807) is 11.3 Å². The number of rotatable bonds is 2. The van der Waals surface area contributed by atoms with Crippen molar-refractivity contribution in [1.82, 2.24) is 0 Å². The number of benzene rings is 1. The van der Waals surface area contributed by atoms with E-state index in [4.69, 9.17) is 5.73 Å². The largest absolute Gasteiger partial charge is 0.384 e. The zero-order chi connectivity index (χ0) is 20.1. The number of nitrogens with two attached hydrogens (primary N) is 1. The van der Waals surface area contributed by atoms with Crippen molar-refractivity contribution in [3.8, 4) is 6.07 Å². The van der Waals surface area contributed by atoms with Crippen molar-refractivity contribution >= 4 is 22.8 Å². The summed E-state index contributed by atoms with van der Waals surface area (Å²) >= 11 is 1.57. The molecule has 1 atom stereocenters. The van der Waals surface area contributed by atoms with Crippen molar-refractivity contribution in [3.63, 3.8) is 0 Å². The molecule has 1 aliphatic carbocycles. The summed E-state index contributed by atoms with van der Waals surface area (Å²) in [4.78, 5) is 15.3. The van der Waals surface area contributed by atoms with E-state index < -0.39 is 0 Å². The van der Waals surface area contributed by atoms with Crippen LogP contribution in [0.3, 0.4) is 0 Å². The predicted molar refractivity (Wildman–Crippen MR) is 113 cm³/mol. The number of carbonyl (C=O) groups is 1. The predicted octanol–water partition coefficient (Wildman–Crippen LogP) is 5.00. The van der Waals surface area contributed by atoms with Gasteiger partial charge in [0.2, 0.25) is 0 Å². The Bertz CT molecular complexity index is 1050. The monoisotopic (exact) mass is 389 g/mol. The van der Waals surface area contributed by atoms with Gasteiger partial charge in [-0.2, -0.15) is 16.6 Å². The molecule has 0 radical (unpaired) electrons. The fraction of sp³-hybridized carbons (Fsp3) is 0.304. The summed E-state index contributed by atoms with van der Waals surface area (Å²) in [7, 11) is 0. The lowest BCUT2D eigenvalue weighted by Gasteiger charge is -2.44. The van der Waals surface area contributed by atoms with Crippen LogP contribution in [0.5, 0.6) is 0 Å². The molecule has 1 aliphatic heterocycles. The highest BCUT2D eigenvalue weighted by Crippen LogP contribution is 2.50. The fourth-order valence-electron chi connectivity index (χ4n) is 4.37. The highest BCUT2D eigenvalue weighted by atomic mass is 32.1. The lowest BCUT2D eigenvalue weighted by Crippen LogP contribution is -2.42. The van der Waals surface area contributed by atoms with Crippen molar-refractivity contribution in [1.29, 1.82) is 5.26 Å². The Labute approximate surface area is 169 Å². The molecular formula is C23H23N3OS. The number of Topliss-reactive ketones (excluding diaryl/α,β-unsaturated/α-hetero) is 1. The number of hydrogen-bond donors (Lipinski definition) is 1. The standard InChI is InChI=1S/C23H23N3OS/c1-14-6-4-5-7-17(14)26-18-10-23(2,3)11-19(27)21(18)20(15-8-9-28-13-15)16(12-24)22(26)25/h4-9,13,20H,10-11,25H2,1-3H3/t20-/m0/s1. The van der Waals surface area contributed by atoms with Crippen molar-refractivity contribution in [3.05, 3.63) is 74.9 Å². The first-order valence-electron chi connectivity index (χ1n) is 9.38. The Kier molecular flexibility index (Phi) is 4.40. The number of anilines is 1. The molecule has 5 heteroatoms. The lowest BCUT2D eigenvalue weighted by atomic mass is 9.69. The maximum absolute atomic E-state index is 13.3. The zero-order valence-corrected chi connectivity index (χ0v) is 17.1. The molecule has 28 heavy (non-hydrogen) atoms. The third-order valence-corrected chi connectivity index (χ3v) is 6.32. The average molecular weight is 390 g/mol. The molecule has 0 unspecified atom stereocenters. The molecule has 2 aliphatic rings. The summed E-state index contributed by atoms with van der Waals surface area (Å²) in [5.41, 5.74) is 11.5. The average Bonchev–Trinajstić information content (AvgIpc) is 3.15. The summed E-state index contributed by atoms with van der Waals surface area (Å²) in [6.07, 6.45) is 1.22. The van der Waals surface area contributed by atoms with Crippen LogP contribution < -0.4 is 10.6 Å². The fourth-order valence-corrected chi connectivity index (χ4v) is 5.06. The molecule has 0 fully saturated rings. The lowest BCUT2D eigenvalue weighted by molar-refractivity contribution is -0.118. The minimum atomic E-state index is -0.380. The molecule has 2 N–H and O–H groups in total. The Balaban J connectivity index is 2.02. The second-order valence-electron chi connectivity index (χ2n) is 8.32. The van der Waals surface area contributed by atoms with Crippen LogP contribution in [-0.4, -0.2) is 5.78 Å². The van der Waals surface area contributed by atoms with Gasteiger partial charge in [-0.3, -0.25) is 9.69 Å². The minimum Gasteiger partial charge on any atom is -0.384 e. The maximum Gasteiger partial charge on any atom is 0.162 e. The van der Waals surface area contributed by atoms with Crippen molar-refractivity contribution in [2.75, 3.05) is 4.90 Å². The van der Waals surface area contributed by atoms with Gasteiger partial charge >= 0.3 is 0 Å². The number of nitrogens with zero attached hydrogens (tertiary/aromatic N) is 2. The molecule has 0 spiro atoms. The van der Waals surface area contributed by atoms with Gasteiger partial charge < -0.3 is 5.73 Å². The summed E-state index contributed by atoms with van der Waals surface area (Å²) in [5.74, 6) is 0.161. The highest BCUT2D eigenvalue weighted by Gasteiger charge is 2.44. The van der Waals surface area contributed by atoms with Gasteiger partial charge in [-0.15, -0.1) is 0 Å². The van der Waals surface area contributed by atoms with Crippen molar-refractivity contribution in [2.24, 2.45) is 11.1 Å². The van der Waals surface area contributed by atoms with E-state index in [2.05, 4.69) is 19.9 Å². The molecule has 0 bridgehead atoms. The van der Waals surface area contributed by atoms with E-state index in [1.165, 1.54) is 0 Å². The number of thiophene rings is 1. The molecule has 0 amide bonds. The van der Waals surface area contributed by atoms with E-state index in [-0.39, 0.29) is 17.1 Å². The molecule has 2 aromatic rings. The number of allylic oxidation sites excluding steroid dienone is 3. The van der Waals surface area contributed by atoms with Gasteiger partial charge in [0.15, 0.2) is 5.78 Å². The highest BCUT2D eigenvalue weighted by molar-refractivity contribution is 7.08. The number of para-hydroxylation sites is 1. The summed E-state index contributed by atoms with van der Waals surface area (Å²) in [6.45, 7) is 6.25. The van der Waals surface area contributed by atoms with E-state index >= 15 is 0 Å². The molecule has 1 aromatic heterocycles. The molecule has 0 saturated heterocycles. The second-order valence-corrected chi connectivity index (χ2v) is 9.10. The van der Waals surface area contributed by atoms with Gasteiger partial charge in [0.05, 0.1) is 23.2 Å². The number of ketones is 1. The minimum absolute atomic E-state index is 0.112. The molecule has 142 valence electrons. The normalized spacial score (nSPS) is 21.6. The van der Waals surface area contributed by atoms with Crippen LogP contribution in [0.2, 0.25) is 0 Å². The first kappa shape index (κ1) is 18.5. The first-order valence-corrected chi connectivity index (χ1v) is 10.3. The second kappa shape index (κ2) is 6.65. The van der Waals surface area contributed by atoms with E-state index in [1.807, 2.05) is 52.9 Å². The van der Waals surface area contributed by atoms with E-state index in [0.717, 1.165) is 34.5 Å². The van der Waals surface area contributed by atoms with Crippen LogP contribution in [0.1, 0.15) is 43.7 Å². The van der Waals surface area contributed by atoms with Gasteiger partial charge in [0, 0.05) is 17.7 Å². The number of nitriles is 1. The van der Waals surface area contributed by atoms with Gasteiger partial charge in [0.25, 0.3) is 0 Å². The summed E-state index contributed by atoms with van der Waals surface area (Å²) < 4.78 is 0. The molecule has 4 rings (SSSR count). The first-order chi connectivity index (χ1) is 13.3. The van der Waals surface area contributed by atoms with Crippen LogP contribution in [0.25, 0.3) is 0 Å². The Morgan fingerprint density at radius 3 is 2.64 bits per heavy atom. The Hall–Kier alpha value is -2.84. The number of aryl methyl sites for hydroxylation is 1. The third-order valence-electron chi connectivity index (χ3n) is 5.61. The Morgan fingerprint density at radius 1 is 1.25 bits per heavy atom. The van der Waals surface area contributed by atoms with E-state index in [0.29, 0.717) is 17.8 Å². The van der Waals surface area contributed by atoms with Gasteiger partial charge in [-0.05, 0) is 52.8 Å². The molecule has 1 aromatic carbocycles. The number of hydrogen-bond acceptors (Lipinski definition) is 5. The molecule has 0 saturated carbocycles. The van der Waals surface area contributed by atoms with Gasteiger partial charge in [-0.1, -0.05) is 32.0 Å².